The molecule has 0 atom stereocenters. The summed E-state index contributed by atoms with van der Waals surface area (Å²) in [7, 11) is 0. The summed E-state index contributed by atoms with van der Waals surface area (Å²) < 4.78 is 1.68. The lowest BCUT2D eigenvalue weighted by Gasteiger charge is -2.46. The van der Waals surface area contributed by atoms with Crippen LogP contribution in [0, 0.1) is 0 Å². The van der Waals surface area contributed by atoms with Crippen molar-refractivity contribution in [2.75, 3.05) is 0 Å². The van der Waals surface area contributed by atoms with Gasteiger partial charge in [-0.15, -0.1) is 0 Å². The minimum Gasteiger partial charge on any atom is -0.349 e. The Balaban J connectivity index is 1.71. The number of rotatable bonds is 3. The number of piperidine rings is 1. The van der Waals surface area contributed by atoms with Crippen molar-refractivity contribution in [3.05, 3.63) is 47.2 Å². The van der Waals surface area contributed by atoms with E-state index in [0.29, 0.717) is 10.6 Å². The molecule has 6 heteroatoms. The van der Waals surface area contributed by atoms with Crippen molar-refractivity contribution in [1.29, 1.82) is 0 Å². The first-order chi connectivity index (χ1) is 11.6. The highest BCUT2D eigenvalue weighted by Gasteiger charge is 2.38. The van der Waals surface area contributed by atoms with Crippen LogP contribution in [0.5, 0.6) is 0 Å². The van der Waals surface area contributed by atoms with Crippen LogP contribution >= 0.6 is 11.6 Å². The molecule has 1 aliphatic rings. The molecule has 2 heterocycles. The van der Waals surface area contributed by atoms with E-state index in [0.717, 1.165) is 18.5 Å². The van der Waals surface area contributed by atoms with Gasteiger partial charge < -0.3 is 10.6 Å². The second-order valence-corrected chi connectivity index (χ2v) is 8.56. The largest absolute Gasteiger partial charge is 0.349 e. The Bertz CT molecular complexity index is 748. The molecule has 0 spiro atoms. The van der Waals surface area contributed by atoms with Gasteiger partial charge >= 0.3 is 0 Å². The number of hydrogen-bond donors (Lipinski definition) is 2. The maximum absolute atomic E-state index is 12.6. The summed E-state index contributed by atoms with van der Waals surface area (Å²) >= 11 is 5.91. The van der Waals surface area contributed by atoms with Crippen LogP contribution in [0.3, 0.4) is 0 Å². The molecular weight excluding hydrogens is 336 g/mol. The Labute approximate surface area is 153 Å². The van der Waals surface area contributed by atoms with Crippen LogP contribution in [0.4, 0.5) is 0 Å². The van der Waals surface area contributed by atoms with Gasteiger partial charge in [0.25, 0.3) is 5.91 Å². The van der Waals surface area contributed by atoms with E-state index in [4.69, 9.17) is 11.6 Å². The molecular formula is C19H25ClN4O. The number of amides is 1. The Kier molecular flexibility index (Phi) is 4.64. The summed E-state index contributed by atoms with van der Waals surface area (Å²) in [5.74, 6) is -0.0845. The Morgan fingerprint density at radius 2 is 1.80 bits per heavy atom. The average molecular weight is 361 g/mol. The fraction of sp³-hybridized carbons (Fsp3) is 0.474. The van der Waals surface area contributed by atoms with Gasteiger partial charge in [-0.2, -0.15) is 5.10 Å². The highest BCUT2D eigenvalue weighted by atomic mass is 35.5. The molecule has 1 aliphatic heterocycles. The van der Waals surface area contributed by atoms with Crippen molar-refractivity contribution in [3.63, 3.8) is 0 Å². The first kappa shape index (κ1) is 18.0. The molecule has 25 heavy (non-hydrogen) atoms. The molecule has 0 aliphatic carbocycles. The van der Waals surface area contributed by atoms with Crippen LogP contribution in [0.1, 0.15) is 50.9 Å². The predicted octanol–water partition coefficient (Wildman–Crippen LogP) is 3.56. The van der Waals surface area contributed by atoms with Crippen molar-refractivity contribution in [2.45, 2.75) is 57.7 Å². The first-order valence-corrected chi connectivity index (χ1v) is 8.92. The third kappa shape index (κ3) is 4.41. The Morgan fingerprint density at radius 1 is 1.20 bits per heavy atom. The maximum Gasteiger partial charge on any atom is 0.254 e. The minimum absolute atomic E-state index is 0.00676. The Hall–Kier alpha value is -1.85. The highest BCUT2D eigenvalue weighted by molar-refractivity contribution is 6.30. The molecule has 1 aromatic carbocycles. The van der Waals surface area contributed by atoms with Gasteiger partial charge in [-0.05, 0) is 64.8 Å². The van der Waals surface area contributed by atoms with Crippen molar-refractivity contribution in [3.8, 4) is 5.69 Å². The van der Waals surface area contributed by atoms with Crippen molar-refractivity contribution in [2.24, 2.45) is 0 Å². The third-order valence-corrected chi connectivity index (χ3v) is 4.71. The van der Waals surface area contributed by atoms with E-state index in [2.05, 4.69) is 43.4 Å². The van der Waals surface area contributed by atoms with Crippen LogP contribution in [-0.4, -0.2) is 32.8 Å². The lowest BCUT2D eigenvalue weighted by atomic mass is 9.79. The molecule has 0 radical (unpaired) electrons. The summed E-state index contributed by atoms with van der Waals surface area (Å²) in [6.07, 6.45) is 5.14. The van der Waals surface area contributed by atoms with Gasteiger partial charge in [0.1, 0.15) is 0 Å². The summed E-state index contributed by atoms with van der Waals surface area (Å²) in [5.41, 5.74) is 1.41. The van der Waals surface area contributed by atoms with Gasteiger partial charge in [0, 0.05) is 28.3 Å². The number of nitrogens with zero attached hydrogens (tertiary/aromatic N) is 2. The number of aromatic nitrogens is 2. The lowest BCUT2D eigenvalue weighted by molar-refractivity contribution is 0.0873. The van der Waals surface area contributed by atoms with E-state index in [9.17, 15) is 4.79 Å². The molecule has 2 aromatic rings. The van der Waals surface area contributed by atoms with E-state index < -0.39 is 0 Å². The van der Waals surface area contributed by atoms with E-state index >= 15 is 0 Å². The SMILES string of the molecule is CC1(C)CC(NC(=O)c2cnn(-c3ccc(Cl)cc3)c2)CC(C)(C)N1. The second kappa shape index (κ2) is 6.46. The maximum atomic E-state index is 12.6. The summed E-state index contributed by atoms with van der Waals surface area (Å²) in [5, 5.41) is 11.8. The topological polar surface area (TPSA) is 59.0 Å². The van der Waals surface area contributed by atoms with Gasteiger partial charge in [0.05, 0.1) is 17.4 Å². The highest BCUT2D eigenvalue weighted by Crippen LogP contribution is 2.28. The lowest BCUT2D eigenvalue weighted by Crippen LogP contribution is -2.62. The van der Waals surface area contributed by atoms with E-state index in [1.54, 1.807) is 29.2 Å². The minimum atomic E-state index is -0.0845. The van der Waals surface area contributed by atoms with Gasteiger partial charge in [-0.25, -0.2) is 4.68 Å². The summed E-state index contributed by atoms with van der Waals surface area (Å²) in [6.45, 7) is 8.69. The number of carbonyl (C=O) groups excluding carboxylic acids is 1. The molecule has 5 nitrogen and oxygen atoms in total. The van der Waals surface area contributed by atoms with Crippen LogP contribution < -0.4 is 10.6 Å². The van der Waals surface area contributed by atoms with Gasteiger partial charge in [0.2, 0.25) is 0 Å². The van der Waals surface area contributed by atoms with E-state index in [1.807, 2.05) is 12.1 Å². The molecule has 0 bridgehead atoms. The van der Waals surface area contributed by atoms with Crippen molar-refractivity contribution < 1.29 is 4.79 Å². The number of halogens is 1. The number of benzene rings is 1. The van der Waals surface area contributed by atoms with Gasteiger partial charge in [0.15, 0.2) is 0 Å². The first-order valence-electron chi connectivity index (χ1n) is 8.54. The Morgan fingerprint density at radius 3 is 2.40 bits per heavy atom. The van der Waals surface area contributed by atoms with Crippen molar-refractivity contribution >= 4 is 17.5 Å². The normalized spacial score (nSPS) is 19.6. The summed E-state index contributed by atoms with van der Waals surface area (Å²) in [6, 6.07) is 7.48. The standard InChI is InChI=1S/C19H25ClN4O/c1-18(2)9-15(10-19(3,4)23-18)22-17(25)13-11-21-24(12-13)16-7-5-14(20)6-8-16/h5-8,11-12,15,23H,9-10H2,1-4H3,(H,22,25). The second-order valence-electron chi connectivity index (χ2n) is 8.12. The quantitative estimate of drug-likeness (QED) is 0.879. The molecule has 0 saturated carbocycles. The van der Waals surface area contributed by atoms with Crippen LogP contribution in [0.25, 0.3) is 5.69 Å². The predicted molar refractivity (Wildman–Crippen MR) is 100 cm³/mol. The number of carbonyl (C=O) groups is 1. The third-order valence-electron chi connectivity index (χ3n) is 4.46. The fourth-order valence-electron chi connectivity index (χ4n) is 3.87. The molecule has 2 N–H and O–H groups in total. The van der Waals surface area contributed by atoms with Crippen LogP contribution in [0.15, 0.2) is 36.7 Å². The zero-order chi connectivity index (χ0) is 18.2. The summed E-state index contributed by atoms with van der Waals surface area (Å²) in [4.78, 5) is 12.6. The molecule has 1 saturated heterocycles. The van der Waals surface area contributed by atoms with Crippen molar-refractivity contribution in [1.82, 2.24) is 20.4 Å². The zero-order valence-corrected chi connectivity index (χ0v) is 15.9. The molecule has 0 unspecified atom stereocenters. The van der Waals surface area contributed by atoms with Crippen LogP contribution in [-0.2, 0) is 0 Å². The van der Waals surface area contributed by atoms with E-state index in [1.165, 1.54) is 0 Å². The van der Waals surface area contributed by atoms with Gasteiger partial charge in [-0.3, -0.25) is 4.79 Å². The average Bonchev–Trinajstić information content (AvgIpc) is 2.94. The zero-order valence-electron chi connectivity index (χ0n) is 15.1. The molecule has 134 valence electrons. The monoisotopic (exact) mass is 360 g/mol. The molecule has 1 aromatic heterocycles. The number of hydrogen-bond acceptors (Lipinski definition) is 3. The van der Waals surface area contributed by atoms with E-state index in [-0.39, 0.29) is 23.0 Å². The molecule has 3 rings (SSSR count). The molecule has 1 fully saturated rings. The van der Waals surface area contributed by atoms with Gasteiger partial charge in [-0.1, -0.05) is 11.6 Å². The van der Waals surface area contributed by atoms with Crippen LogP contribution in [0.2, 0.25) is 5.02 Å². The smallest absolute Gasteiger partial charge is 0.254 e. The molecule has 1 amide bonds. The fourth-order valence-corrected chi connectivity index (χ4v) is 3.99. The number of nitrogens with one attached hydrogen (secondary N) is 2.